The first kappa shape index (κ1) is 18.6. The predicted octanol–water partition coefficient (Wildman–Crippen LogP) is 4.75. The van der Waals surface area contributed by atoms with Crippen molar-refractivity contribution >= 4 is 22.5 Å². The number of fused-ring (bicyclic) bond motifs is 1. The number of aromatic amines is 1. The molecule has 0 radical (unpaired) electrons. The Kier molecular flexibility index (Phi) is 5.65. The van der Waals surface area contributed by atoms with E-state index >= 15 is 0 Å². The molecule has 0 bridgehead atoms. The van der Waals surface area contributed by atoms with Gasteiger partial charge in [-0.3, -0.25) is 4.79 Å². The third kappa shape index (κ3) is 4.22. The Hall–Kier alpha value is -2.75. The Balaban J connectivity index is 1.31. The number of carbonyl (C=O) groups excluding carboxylic acids is 1. The second-order valence-corrected chi connectivity index (χ2v) is 7.82. The Morgan fingerprint density at radius 2 is 1.79 bits per heavy atom. The lowest BCUT2D eigenvalue weighted by atomic mass is 10.1. The van der Waals surface area contributed by atoms with E-state index in [1.165, 1.54) is 41.5 Å². The van der Waals surface area contributed by atoms with Gasteiger partial charge < -0.3 is 14.8 Å². The molecule has 146 valence electrons. The number of rotatable bonds is 6. The van der Waals surface area contributed by atoms with Gasteiger partial charge in [-0.1, -0.05) is 30.3 Å². The number of carbonyl (C=O) groups is 1. The van der Waals surface area contributed by atoms with Gasteiger partial charge in [0.25, 0.3) is 0 Å². The lowest BCUT2D eigenvalue weighted by molar-refractivity contribution is -0.130. The average Bonchev–Trinajstić information content (AvgIpc) is 3.16. The Morgan fingerprint density at radius 1 is 1.04 bits per heavy atom. The van der Waals surface area contributed by atoms with E-state index < -0.39 is 0 Å². The van der Waals surface area contributed by atoms with Crippen molar-refractivity contribution in [2.45, 2.75) is 38.6 Å². The van der Waals surface area contributed by atoms with Crippen molar-refractivity contribution in [2.24, 2.45) is 0 Å². The summed E-state index contributed by atoms with van der Waals surface area (Å²) in [4.78, 5) is 20.2. The monoisotopic (exact) mass is 375 g/mol. The molecule has 0 atom stereocenters. The first-order valence-electron chi connectivity index (χ1n) is 10.3. The van der Waals surface area contributed by atoms with Crippen LogP contribution < -0.4 is 4.90 Å². The normalized spacial score (nSPS) is 14.4. The van der Waals surface area contributed by atoms with E-state index in [4.69, 9.17) is 0 Å². The number of benzene rings is 2. The van der Waals surface area contributed by atoms with E-state index in [-0.39, 0.29) is 5.91 Å². The first-order chi connectivity index (χ1) is 13.7. The number of piperidine rings is 1. The number of hydrogen-bond donors (Lipinski definition) is 1. The van der Waals surface area contributed by atoms with Crippen LogP contribution in [0.5, 0.6) is 0 Å². The van der Waals surface area contributed by atoms with Crippen LogP contribution in [-0.4, -0.2) is 35.9 Å². The van der Waals surface area contributed by atoms with Crippen LogP contribution >= 0.6 is 0 Å². The van der Waals surface area contributed by atoms with Gasteiger partial charge in [0.05, 0.1) is 0 Å². The van der Waals surface area contributed by atoms with Crippen molar-refractivity contribution in [3.63, 3.8) is 0 Å². The topological polar surface area (TPSA) is 39.3 Å². The van der Waals surface area contributed by atoms with Gasteiger partial charge in [0.2, 0.25) is 5.91 Å². The van der Waals surface area contributed by atoms with E-state index in [2.05, 4.69) is 46.3 Å². The zero-order chi connectivity index (χ0) is 19.3. The van der Waals surface area contributed by atoms with Crippen molar-refractivity contribution in [1.82, 2.24) is 9.88 Å². The summed E-state index contributed by atoms with van der Waals surface area (Å²) >= 11 is 0. The maximum absolute atomic E-state index is 12.6. The van der Waals surface area contributed by atoms with Crippen LogP contribution in [0, 0.1) is 0 Å². The van der Waals surface area contributed by atoms with Crippen molar-refractivity contribution in [3.05, 3.63) is 65.9 Å². The molecule has 0 unspecified atom stereocenters. The fourth-order valence-corrected chi connectivity index (χ4v) is 4.10. The summed E-state index contributed by atoms with van der Waals surface area (Å²) in [6.45, 7) is 2.98. The number of aryl methyl sites for hydroxylation is 1. The molecule has 1 aliphatic rings. The summed E-state index contributed by atoms with van der Waals surface area (Å²) < 4.78 is 0. The Morgan fingerprint density at radius 3 is 2.57 bits per heavy atom. The van der Waals surface area contributed by atoms with Crippen molar-refractivity contribution in [1.29, 1.82) is 0 Å². The van der Waals surface area contributed by atoms with Crippen molar-refractivity contribution < 1.29 is 4.79 Å². The molecule has 3 aromatic rings. The molecule has 1 amide bonds. The van der Waals surface area contributed by atoms with Crippen LogP contribution in [0.15, 0.2) is 54.7 Å². The minimum absolute atomic E-state index is 0.186. The highest BCUT2D eigenvalue weighted by molar-refractivity contribution is 5.84. The number of nitrogens with zero attached hydrogens (tertiary/aromatic N) is 2. The van der Waals surface area contributed by atoms with Gasteiger partial charge in [0.1, 0.15) is 0 Å². The van der Waals surface area contributed by atoms with Crippen LogP contribution in [0.3, 0.4) is 0 Å². The molecule has 1 aliphatic heterocycles. The van der Waals surface area contributed by atoms with Crippen molar-refractivity contribution in [3.8, 4) is 0 Å². The van der Waals surface area contributed by atoms with Crippen LogP contribution in [-0.2, 0) is 17.8 Å². The Labute approximate surface area is 167 Å². The number of hydrogen-bond acceptors (Lipinski definition) is 2. The molecule has 2 aromatic carbocycles. The maximum atomic E-state index is 12.6. The van der Waals surface area contributed by atoms with Crippen LogP contribution in [0.25, 0.3) is 10.9 Å². The minimum atomic E-state index is 0.186. The summed E-state index contributed by atoms with van der Waals surface area (Å²) in [5.74, 6) is 0.186. The number of nitrogens with one attached hydrogen (secondary N) is 1. The summed E-state index contributed by atoms with van der Waals surface area (Å²) in [6.07, 6.45) is 7.24. The number of aromatic nitrogens is 1. The lowest BCUT2D eigenvalue weighted by Gasteiger charge is -2.29. The van der Waals surface area contributed by atoms with Gasteiger partial charge in [-0.25, -0.2) is 0 Å². The number of amides is 1. The molecular weight excluding hydrogens is 346 g/mol. The largest absolute Gasteiger partial charge is 0.372 e. The molecule has 0 aliphatic carbocycles. The lowest BCUT2D eigenvalue weighted by Crippen LogP contribution is -2.29. The summed E-state index contributed by atoms with van der Waals surface area (Å²) in [7, 11) is 1.90. The molecule has 0 saturated carbocycles. The van der Waals surface area contributed by atoms with E-state index in [1.807, 2.05) is 30.3 Å². The van der Waals surface area contributed by atoms with Crippen LogP contribution in [0.4, 0.5) is 5.69 Å². The molecule has 1 aromatic heterocycles. The zero-order valence-electron chi connectivity index (χ0n) is 16.7. The fraction of sp³-hybridized carbons (Fsp3) is 0.375. The molecule has 0 spiro atoms. The minimum Gasteiger partial charge on any atom is -0.372 e. The predicted molar refractivity (Wildman–Crippen MR) is 116 cm³/mol. The quantitative estimate of drug-likeness (QED) is 0.675. The standard InChI is InChI=1S/C24H29N3O/c1-26(18-19-9-12-21(13-10-19)27-15-5-2-6-16-27)24(28)14-11-20-17-25-23-8-4-3-7-22(20)23/h3-4,7-10,12-13,17,25H,2,5-6,11,14-16,18H2,1H3. The number of para-hydroxylation sites is 1. The van der Waals surface area contributed by atoms with Crippen LogP contribution in [0.2, 0.25) is 0 Å². The van der Waals surface area contributed by atoms with Gasteiger partial charge >= 0.3 is 0 Å². The van der Waals surface area contributed by atoms with E-state index in [9.17, 15) is 4.79 Å². The van der Waals surface area contributed by atoms with E-state index in [0.29, 0.717) is 13.0 Å². The van der Waals surface area contributed by atoms with Gasteiger partial charge in [-0.15, -0.1) is 0 Å². The second kappa shape index (κ2) is 8.51. The van der Waals surface area contributed by atoms with Crippen LogP contribution in [0.1, 0.15) is 36.8 Å². The smallest absolute Gasteiger partial charge is 0.222 e. The third-order valence-corrected chi connectivity index (χ3v) is 5.79. The fourth-order valence-electron chi connectivity index (χ4n) is 4.10. The molecule has 2 heterocycles. The molecule has 1 saturated heterocycles. The highest BCUT2D eigenvalue weighted by atomic mass is 16.2. The summed E-state index contributed by atoms with van der Waals surface area (Å²) in [5, 5.41) is 1.21. The average molecular weight is 376 g/mol. The van der Waals surface area contributed by atoms with Gasteiger partial charge in [0, 0.05) is 55.9 Å². The molecule has 4 nitrogen and oxygen atoms in total. The molecule has 28 heavy (non-hydrogen) atoms. The summed E-state index contributed by atoms with van der Waals surface area (Å²) in [5.41, 5.74) is 4.83. The molecule has 1 N–H and O–H groups in total. The highest BCUT2D eigenvalue weighted by Gasteiger charge is 2.13. The van der Waals surface area contributed by atoms with Crippen molar-refractivity contribution in [2.75, 3.05) is 25.0 Å². The molecule has 4 heteroatoms. The van der Waals surface area contributed by atoms with E-state index in [1.54, 1.807) is 0 Å². The van der Waals surface area contributed by atoms with Gasteiger partial charge in [-0.2, -0.15) is 0 Å². The highest BCUT2D eigenvalue weighted by Crippen LogP contribution is 2.21. The molecule has 4 rings (SSSR count). The number of H-pyrrole nitrogens is 1. The molecular formula is C24H29N3O. The Bertz CT molecular complexity index is 922. The second-order valence-electron chi connectivity index (χ2n) is 7.82. The summed E-state index contributed by atoms with van der Waals surface area (Å²) in [6, 6.07) is 17.0. The van der Waals surface area contributed by atoms with Gasteiger partial charge in [0.15, 0.2) is 0 Å². The number of anilines is 1. The van der Waals surface area contributed by atoms with Gasteiger partial charge in [-0.05, 0) is 55.0 Å². The first-order valence-corrected chi connectivity index (χ1v) is 10.3. The van der Waals surface area contributed by atoms with E-state index in [0.717, 1.165) is 25.0 Å². The molecule has 1 fully saturated rings. The maximum Gasteiger partial charge on any atom is 0.222 e. The zero-order valence-corrected chi connectivity index (χ0v) is 16.7. The third-order valence-electron chi connectivity index (χ3n) is 5.79. The SMILES string of the molecule is CN(Cc1ccc(N2CCCCC2)cc1)C(=O)CCc1c[nH]c2ccccc12.